The van der Waals surface area contributed by atoms with E-state index in [9.17, 15) is 9.90 Å². The highest BCUT2D eigenvalue weighted by Crippen LogP contribution is 2.22. The summed E-state index contributed by atoms with van der Waals surface area (Å²) in [6, 6.07) is 0. The van der Waals surface area contributed by atoms with E-state index >= 15 is 0 Å². The molecule has 1 rings (SSSR count). The number of aryl methyl sites for hydroxylation is 2. The summed E-state index contributed by atoms with van der Waals surface area (Å²) >= 11 is 0. The van der Waals surface area contributed by atoms with Crippen molar-refractivity contribution in [3.8, 4) is 5.88 Å². The van der Waals surface area contributed by atoms with Crippen molar-refractivity contribution in [2.45, 2.75) is 19.4 Å². The number of hydrogen-bond acceptors (Lipinski definition) is 5. The lowest BCUT2D eigenvalue weighted by Crippen LogP contribution is -2.24. The first kappa shape index (κ1) is 12.5. The van der Waals surface area contributed by atoms with Crippen LogP contribution in [0.1, 0.15) is 11.3 Å². The first-order chi connectivity index (χ1) is 7.51. The van der Waals surface area contributed by atoms with Crippen LogP contribution < -0.4 is 4.74 Å². The smallest absolute Gasteiger partial charge is 0.335 e. The standard InChI is InChI=1S/C10H16N2O4/c1-6-7(5-8(13)10(14)16-4)9(15-3)12(2)11-6/h8,13H,5H2,1-4H3. The van der Waals surface area contributed by atoms with Crippen LogP contribution in [0.3, 0.4) is 0 Å². The highest BCUT2D eigenvalue weighted by atomic mass is 16.5. The number of ether oxygens (including phenoxy) is 2. The fourth-order valence-electron chi connectivity index (χ4n) is 1.58. The average molecular weight is 228 g/mol. The summed E-state index contributed by atoms with van der Waals surface area (Å²) in [6.45, 7) is 1.79. The van der Waals surface area contributed by atoms with Gasteiger partial charge in [-0.25, -0.2) is 9.48 Å². The number of nitrogens with zero attached hydrogens (tertiary/aromatic N) is 2. The third-order valence-electron chi connectivity index (χ3n) is 2.35. The Morgan fingerprint density at radius 3 is 2.69 bits per heavy atom. The van der Waals surface area contributed by atoms with Crippen LogP contribution >= 0.6 is 0 Å². The predicted octanol–water partition coefficient (Wildman–Crippen LogP) is -0.186. The summed E-state index contributed by atoms with van der Waals surface area (Å²) < 4.78 is 11.2. The van der Waals surface area contributed by atoms with E-state index in [4.69, 9.17) is 4.74 Å². The number of rotatable bonds is 4. The van der Waals surface area contributed by atoms with E-state index in [1.807, 2.05) is 0 Å². The van der Waals surface area contributed by atoms with Crippen LogP contribution in [0.15, 0.2) is 0 Å². The van der Waals surface area contributed by atoms with E-state index in [1.54, 1.807) is 18.7 Å². The summed E-state index contributed by atoms with van der Waals surface area (Å²) in [6.07, 6.45) is -1.06. The molecule has 0 aromatic carbocycles. The van der Waals surface area contributed by atoms with Crippen molar-refractivity contribution in [1.82, 2.24) is 9.78 Å². The maximum Gasteiger partial charge on any atom is 0.335 e. The zero-order valence-corrected chi connectivity index (χ0v) is 9.85. The van der Waals surface area contributed by atoms with E-state index in [-0.39, 0.29) is 6.42 Å². The number of hydrogen-bond donors (Lipinski definition) is 1. The molecule has 0 saturated carbocycles. The predicted molar refractivity (Wildman–Crippen MR) is 56.2 cm³/mol. The molecule has 90 valence electrons. The maximum absolute atomic E-state index is 11.1. The second-order valence-electron chi connectivity index (χ2n) is 3.44. The number of esters is 1. The molecule has 0 fully saturated rings. The fourth-order valence-corrected chi connectivity index (χ4v) is 1.58. The lowest BCUT2D eigenvalue weighted by molar-refractivity contribution is -0.150. The van der Waals surface area contributed by atoms with Gasteiger partial charge >= 0.3 is 5.97 Å². The Morgan fingerprint density at radius 1 is 1.56 bits per heavy atom. The van der Waals surface area contributed by atoms with Crippen LogP contribution in [0.2, 0.25) is 0 Å². The average Bonchev–Trinajstić information content (AvgIpc) is 2.52. The Hall–Kier alpha value is -1.56. The van der Waals surface area contributed by atoms with Gasteiger partial charge in [0.2, 0.25) is 5.88 Å². The molecular formula is C10H16N2O4. The Labute approximate surface area is 93.8 Å². The molecule has 1 heterocycles. The van der Waals surface area contributed by atoms with Gasteiger partial charge in [0.15, 0.2) is 6.10 Å². The topological polar surface area (TPSA) is 73.6 Å². The molecule has 16 heavy (non-hydrogen) atoms. The van der Waals surface area contributed by atoms with Crippen molar-refractivity contribution in [1.29, 1.82) is 0 Å². The van der Waals surface area contributed by atoms with Crippen molar-refractivity contribution in [2.75, 3.05) is 14.2 Å². The van der Waals surface area contributed by atoms with Crippen LogP contribution in [0.4, 0.5) is 0 Å². The zero-order chi connectivity index (χ0) is 12.3. The van der Waals surface area contributed by atoms with Gasteiger partial charge in [-0.3, -0.25) is 0 Å². The molecule has 1 unspecified atom stereocenters. The third-order valence-corrected chi connectivity index (χ3v) is 2.35. The molecule has 6 heteroatoms. The van der Waals surface area contributed by atoms with Crippen molar-refractivity contribution in [3.05, 3.63) is 11.3 Å². The summed E-state index contributed by atoms with van der Waals surface area (Å²) in [4.78, 5) is 11.1. The zero-order valence-electron chi connectivity index (χ0n) is 9.85. The summed E-state index contributed by atoms with van der Waals surface area (Å²) in [7, 11) is 4.49. The molecule has 0 aliphatic carbocycles. The van der Waals surface area contributed by atoms with Gasteiger partial charge in [-0.2, -0.15) is 5.10 Å². The first-order valence-electron chi connectivity index (χ1n) is 4.83. The van der Waals surface area contributed by atoms with E-state index in [1.165, 1.54) is 14.2 Å². The van der Waals surface area contributed by atoms with E-state index in [2.05, 4.69) is 9.84 Å². The van der Waals surface area contributed by atoms with E-state index in [0.29, 0.717) is 11.4 Å². The van der Waals surface area contributed by atoms with Crippen molar-refractivity contribution < 1.29 is 19.4 Å². The number of methoxy groups -OCH3 is 2. The van der Waals surface area contributed by atoms with Crippen LogP contribution in [0, 0.1) is 6.92 Å². The Kier molecular flexibility index (Phi) is 3.89. The van der Waals surface area contributed by atoms with Crippen LogP contribution in [0.5, 0.6) is 5.88 Å². The molecule has 0 bridgehead atoms. The van der Waals surface area contributed by atoms with Crippen molar-refractivity contribution in [3.63, 3.8) is 0 Å². The first-order valence-corrected chi connectivity index (χ1v) is 4.83. The number of carbonyl (C=O) groups excluding carboxylic acids is 1. The molecule has 0 saturated heterocycles. The highest BCUT2D eigenvalue weighted by molar-refractivity contribution is 5.74. The minimum absolute atomic E-state index is 0.134. The lowest BCUT2D eigenvalue weighted by atomic mass is 10.1. The van der Waals surface area contributed by atoms with E-state index < -0.39 is 12.1 Å². The number of aliphatic hydroxyl groups excluding tert-OH is 1. The molecule has 6 nitrogen and oxygen atoms in total. The summed E-state index contributed by atoms with van der Waals surface area (Å²) in [5.41, 5.74) is 1.44. The molecule has 0 amide bonds. The Balaban J connectivity index is 2.92. The van der Waals surface area contributed by atoms with Gasteiger partial charge in [0.05, 0.1) is 19.9 Å². The number of carbonyl (C=O) groups is 1. The summed E-state index contributed by atoms with van der Waals surface area (Å²) in [5, 5.41) is 13.7. The van der Waals surface area contributed by atoms with Gasteiger partial charge in [-0.05, 0) is 6.92 Å². The number of aliphatic hydroxyl groups is 1. The molecule has 1 aromatic rings. The molecule has 0 aliphatic rings. The molecule has 0 spiro atoms. The van der Waals surface area contributed by atoms with Gasteiger partial charge in [0.1, 0.15) is 0 Å². The van der Waals surface area contributed by atoms with Gasteiger partial charge in [-0.1, -0.05) is 0 Å². The minimum atomic E-state index is -1.19. The summed E-state index contributed by atoms with van der Waals surface area (Å²) in [5.74, 6) is -0.120. The van der Waals surface area contributed by atoms with Crippen molar-refractivity contribution >= 4 is 5.97 Å². The second kappa shape index (κ2) is 4.98. The second-order valence-corrected chi connectivity index (χ2v) is 3.44. The maximum atomic E-state index is 11.1. The fraction of sp³-hybridized carbons (Fsp3) is 0.600. The van der Waals surface area contributed by atoms with Crippen LogP contribution in [0.25, 0.3) is 0 Å². The Morgan fingerprint density at radius 2 is 2.19 bits per heavy atom. The monoisotopic (exact) mass is 228 g/mol. The van der Waals surface area contributed by atoms with Gasteiger partial charge in [-0.15, -0.1) is 0 Å². The Bertz CT molecular complexity index is 386. The third kappa shape index (κ3) is 2.33. The molecule has 1 N–H and O–H groups in total. The SMILES string of the molecule is COC(=O)C(O)Cc1c(C)nn(C)c1OC. The van der Waals surface area contributed by atoms with Gasteiger partial charge < -0.3 is 14.6 Å². The molecule has 1 aromatic heterocycles. The molecule has 1 atom stereocenters. The molecule has 0 aliphatic heterocycles. The number of aromatic nitrogens is 2. The van der Waals surface area contributed by atoms with Gasteiger partial charge in [0, 0.05) is 19.0 Å². The minimum Gasteiger partial charge on any atom is -0.481 e. The lowest BCUT2D eigenvalue weighted by Gasteiger charge is -2.09. The largest absolute Gasteiger partial charge is 0.481 e. The highest BCUT2D eigenvalue weighted by Gasteiger charge is 2.22. The quantitative estimate of drug-likeness (QED) is 0.723. The van der Waals surface area contributed by atoms with Crippen LogP contribution in [-0.2, 0) is 23.0 Å². The van der Waals surface area contributed by atoms with Crippen molar-refractivity contribution in [2.24, 2.45) is 7.05 Å². The van der Waals surface area contributed by atoms with Crippen LogP contribution in [-0.4, -0.2) is 41.2 Å². The van der Waals surface area contributed by atoms with E-state index in [0.717, 1.165) is 5.69 Å². The van der Waals surface area contributed by atoms with Gasteiger partial charge in [0.25, 0.3) is 0 Å². The molecule has 0 radical (unpaired) electrons. The normalized spacial score (nSPS) is 12.3. The molecular weight excluding hydrogens is 212 g/mol.